The lowest BCUT2D eigenvalue weighted by atomic mass is 9.90. The van der Waals surface area contributed by atoms with E-state index in [9.17, 15) is 13.6 Å². The van der Waals surface area contributed by atoms with Gasteiger partial charge in [-0.25, -0.2) is 8.42 Å². The van der Waals surface area contributed by atoms with Crippen molar-refractivity contribution in [2.75, 3.05) is 25.9 Å². The summed E-state index contributed by atoms with van der Waals surface area (Å²) in [7, 11) is -3.21. The highest BCUT2D eigenvalue weighted by molar-refractivity contribution is 7.90. The fourth-order valence-corrected chi connectivity index (χ4v) is 4.18. The molecule has 0 aromatic heterocycles. The molecule has 6 nitrogen and oxygen atoms in total. The van der Waals surface area contributed by atoms with Gasteiger partial charge in [0, 0.05) is 25.0 Å². The van der Waals surface area contributed by atoms with E-state index in [0.29, 0.717) is 17.5 Å². The fourth-order valence-electron chi connectivity index (χ4n) is 3.55. The second kappa shape index (κ2) is 6.48. The first-order valence-corrected chi connectivity index (χ1v) is 10.1. The lowest BCUT2D eigenvalue weighted by molar-refractivity contribution is 0.0848. The van der Waals surface area contributed by atoms with Gasteiger partial charge in [0.2, 0.25) is 0 Å². The molecule has 0 amide bonds. The van der Waals surface area contributed by atoms with Crippen molar-refractivity contribution in [2.24, 2.45) is 0 Å². The predicted molar refractivity (Wildman–Crippen MR) is 93.5 cm³/mol. The van der Waals surface area contributed by atoms with E-state index in [-0.39, 0.29) is 0 Å². The number of hydrogen-bond acceptors (Lipinski definition) is 6. The molecular formula is C17H25N3O3S. The Hall–Kier alpha value is -1.41. The van der Waals surface area contributed by atoms with Crippen molar-refractivity contribution in [3.8, 4) is 0 Å². The van der Waals surface area contributed by atoms with Gasteiger partial charge < -0.3 is 15.4 Å². The van der Waals surface area contributed by atoms with Gasteiger partial charge in [-0.3, -0.25) is 0 Å². The molecule has 1 aromatic carbocycles. The first kappa shape index (κ1) is 17.4. The van der Waals surface area contributed by atoms with Crippen molar-refractivity contribution >= 4 is 15.4 Å². The highest BCUT2D eigenvalue weighted by atomic mass is 32.2. The molecule has 0 radical (unpaired) electrons. The van der Waals surface area contributed by atoms with Crippen LogP contribution >= 0.6 is 0 Å². The van der Waals surface area contributed by atoms with Gasteiger partial charge in [-0.1, -0.05) is 12.1 Å². The van der Waals surface area contributed by atoms with Crippen LogP contribution in [-0.2, 0) is 9.84 Å². The maximum absolute atomic E-state index is 11.6. The van der Waals surface area contributed by atoms with Gasteiger partial charge in [0.25, 0.3) is 0 Å². The van der Waals surface area contributed by atoms with Crippen LogP contribution in [0.15, 0.2) is 35.4 Å². The quantitative estimate of drug-likeness (QED) is 0.708. The van der Waals surface area contributed by atoms with E-state index in [1.54, 1.807) is 12.1 Å². The Balaban J connectivity index is 1.90. The van der Waals surface area contributed by atoms with Crippen molar-refractivity contribution in [1.29, 1.82) is 0 Å². The minimum absolute atomic E-state index is 0.304. The predicted octanol–water partition coefficient (Wildman–Crippen LogP) is 1.24. The zero-order valence-corrected chi connectivity index (χ0v) is 14.9. The summed E-state index contributed by atoms with van der Waals surface area (Å²) >= 11 is 0. The molecule has 1 fully saturated rings. The highest BCUT2D eigenvalue weighted by Crippen LogP contribution is 2.36. The molecule has 1 saturated heterocycles. The van der Waals surface area contributed by atoms with Gasteiger partial charge >= 0.3 is 0 Å². The lowest BCUT2D eigenvalue weighted by Gasteiger charge is -2.34. The maximum atomic E-state index is 11.6. The van der Waals surface area contributed by atoms with Crippen LogP contribution in [0.1, 0.15) is 25.3 Å². The van der Waals surface area contributed by atoms with Crippen LogP contribution < -0.4 is 10.8 Å². The molecule has 2 aliphatic heterocycles. The Kier molecular flexibility index (Phi) is 4.70. The van der Waals surface area contributed by atoms with Gasteiger partial charge in [-0.15, -0.1) is 0 Å². The first-order chi connectivity index (χ1) is 11.3. The minimum atomic E-state index is -3.21. The van der Waals surface area contributed by atoms with E-state index < -0.39 is 15.4 Å². The molecule has 3 N–H and O–H groups in total. The summed E-state index contributed by atoms with van der Waals surface area (Å²) in [4.78, 5) is 2.60. The molecule has 24 heavy (non-hydrogen) atoms. The zero-order chi connectivity index (χ0) is 17.4. The molecule has 2 heterocycles. The normalized spacial score (nSPS) is 25.8. The standard InChI is InChI=1S/C17H25N3O3S/c1-17(19-21)12-20(14-7-9-18-10-8-14)11-16(17)13-3-5-15(6-4-13)24(2,22)23/h3-6,11,14,18-19,21H,7-10,12H2,1-2H3. The van der Waals surface area contributed by atoms with E-state index in [2.05, 4.69) is 21.9 Å². The Morgan fingerprint density at radius 3 is 2.42 bits per heavy atom. The Morgan fingerprint density at radius 2 is 1.88 bits per heavy atom. The first-order valence-electron chi connectivity index (χ1n) is 8.24. The second-order valence-electron chi connectivity index (χ2n) is 6.94. The Bertz CT molecular complexity index is 724. The maximum Gasteiger partial charge on any atom is 0.175 e. The number of piperidine rings is 1. The third-order valence-electron chi connectivity index (χ3n) is 5.01. The molecule has 1 aromatic rings. The summed E-state index contributed by atoms with van der Waals surface area (Å²) in [5.41, 5.74) is 3.78. The smallest absolute Gasteiger partial charge is 0.175 e. The van der Waals surface area contributed by atoms with Crippen LogP contribution in [0.5, 0.6) is 0 Å². The van der Waals surface area contributed by atoms with Crippen LogP contribution in [-0.4, -0.2) is 56.0 Å². The Labute approximate surface area is 143 Å². The molecule has 0 aliphatic carbocycles. The number of nitrogens with zero attached hydrogens (tertiary/aromatic N) is 1. The molecule has 132 valence electrons. The zero-order valence-electron chi connectivity index (χ0n) is 14.1. The highest BCUT2D eigenvalue weighted by Gasteiger charge is 2.39. The number of benzene rings is 1. The molecular weight excluding hydrogens is 326 g/mol. The lowest BCUT2D eigenvalue weighted by Crippen LogP contribution is -2.48. The topological polar surface area (TPSA) is 81.7 Å². The van der Waals surface area contributed by atoms with Gasteiger partial charge in [0.15, 0.2) is 9.84 Å². The van der Waals surface area contributed by atoms with Crippen LogP contribution in [0.3, 0.4) is 0 Å². The van der Waals surface area contributed by atoms with Crippen LogP contribution in [0, 0.1) is 0 Å². The number of rotatable bonds is 4. The minimum Gasteiger partial charge on any atom is -0.372 e. The Morgan fingerprint density at radius 1 is 1.25 bits per heavy atom. The summed E-state index contributed by atoms with van der Waals surface area (Å²) < 4.78 is 23.3. The molecule has 0 bridgehead atoms. The summed E-state index contributed by atoms with van der Waals surface area (Å²) in [5.74, 6) is 0. The van der Waals surface area contributed by atoms with Crippen molar-refractivity contribution in [2.45, 2.75) is 36.2 Å². The van der Waals surface area contributed by atoms with Crippen molar-refractivity contribution in [1.82, 2.24) is 15.7 Å². The van der Waals surface area contributed by atoms with Gasteiger partial charge in [0.05, 0.1) is 10.4 Å². The van der Waals surface area contributed by atoms with Crippen molar-refractivity contribution in [3.63, 3.8) is 0 Å². The largest absolute Gasteiger partial charge is 0.372 e. The molecule has 0 saturated carbocycles. The van der Waals surface area contributed by atoms with E-state index in [1.807, 2.05) is 19.1 Å². The monoisotopic (exact) mass is 351 g/mol. The average molecular weight is 351 g/mol. The SMILES string of the molecule is CC1(NO)CN(C2CCNCC2)C=C1c1ccc(S(C)(=O)=O)cc1. The molecule has 1 unspecified atom stereocenters. The van der Waals surface area contributed by atoms with Crippen molar-refractivity contribution in [3.05, 3.63) is 36.0 Å². The van der Waals surface area contributed by atoms with Crippen LogP contribution in [0.25, 0.3) is 5.57 Å². The van der Waals surface area contributed by atoms with Gasteiger partial charge in [-0.2, -0.15) is 5.48 Å². The summed E-state index contributed by atoms with van der Waals surface area (Å²) in [6.07, 6.45) is 5.47. The van der Waals surface area contributed by atoms with Gasteiger partial charge in [-0.05, 0) is 56.1 Å². The number of hydroxylamine groups is 1. The van der Waals surface area contributed by atoms with Gasteiger partial charge in [0.1, 0.15) is 0 Å². The molecule has 0 spiro atoms. The number of nitrogens with one attached hydrogen (secondary N) is 2. The molecule has 7 heteroatoms. The van der Waals surface area contributed by atoms with Crippen molar-refractivity contribution < 1.29 is 13.6 Å². The number of sulfone groups is 1. The van der Waals surface area contributed by atoms with Crippen LogP contribution in [0.2, 0.25) is 0 Å². The van der Waals surface area contributed by atoms with E-state index >= 15 is 0 Å². The fraction of sp³-hybridized carbons (Fsp3) is 0.529. The molecule has 2 aliphatic rings. The number of hydrogen-bond donors (Lipinski definition) is 3. The third kappa shape index (κ3) is 3.35. The third-order valence-corrected chi connectivity index (χ3v) is 6.13. The van der Waals surface area contributed by atoms with E-state index in [4.69, 9.17) is 0 Å². The molecule has 3 rings (SSSR count). The average Bonchev–Trinajstić information content (AvgIpc) is 2.93. The van der Waals surface area contributed by atoms with E-state index in [1.165, 1.54) is 6.26 Å². The summed E-state index contributed by atoms with van der Waals surface area (Å²) in [6, 6.07) is 7.33. The van der Waals surface area contributed by atoms with E-state index in [0.717, 1.165) is 37.1 Å². The second-order valence-corrected chi connectivity index (χ2v) is 8.95. The summed E-state index contributed by atoms with van der Waals surface area (Å²) in [5, 5.41) is 13.1. The molecule has 1 atom stereocenters. The summed E-state index contributed by atoms with van der Waals surface area (Å²) in [6.45, 7) is 4.68. The van der Waals surface area contributed by atoms with Crippen LogP contribution in [0.4, 0.5) is 0 Å².